The number of nitrogens with zero attached hydrogens (tertiary/aromatic N) is 2. The molecule has 0 saturated heterocycles. The summed E-state index contributed by atoms with van der Waals surface area (Å²) in [5.74, 6) is 0.594. The standard InChI is InChI=1S/C19H14N2O3/c1-11-3-6-13(7-4-11)17-20-18(24-21-17)15-10-14-9-12(2)5-8-16(14)23-19(15)22/h3-10H,1-2H3. The molecule has 0 aliphatic carbocycles. The maximum absolute atomic E-state index is 12.2. The van der Waals surface area contributed by atoms with Crippen LogP contribution in [-0.2, 0) is 0 Å². The van der Waals surface area contributed by atoms with Gasteiger partial charge in [0, 0.05) is 10.9 Å². The third-order valence-electron chi connectivity index (χ3n) is 3.85. The quantitative estimate of drug-likeness (QED) is 0.520. The zero-order valence-corrected chi connectivity index (χ0v) is 13.2. The van der Waals surface area contributed by atoms with Crippen molar-refractivity contribution >= 4 is 11.0 Å². The third kappa shape index (κ3) is 2.50. The smallest absolute Gasteiger partial charge is 0.349 e. The molecule has 0 N–H and O–H groups in total. The molecule has 0 spiro atoms. The van der Waals surface area contributed by atoms with Crippen LogP contribution in [0.25, 0.3) is 33.8 Å². The average molecular weight is 318 g/mol. The molecule has 2 heterocycles. The van der Waals surface area contributed by atoms with Gasteiger partial charge in [-0.15, -0.1) is 0 Å². The van der Waals surface area contributed by atoms with Gasteiger partial charge >= 0.3 is 5.63 Å². The van der Waals surface area contributed by atoms with Gasteiger partial charge in [0.1, 0.15) is 11.1 Å². The largest absolute Gasteiger partial charge is 0.422 e. The van der Waals surface area contributed by atoms with Crippen molar-refractivity contribution in [3.63, 3.8) is 0 Å². The lowest BCUT2D eigenvalue weighted by Gasteiger charge is -1.99. The summed E-state index contributed by atoms with van der Waals surface area (Å²) in [7, 11) is 0. The van der Waals surface area contributed by atoms with E-state index in [0.29, 0.717) is 11.4 Å². The van der Waals surface area contributed by atoms with Crippen molar-refractivity contribution in [3.8, 4) is 22.8 Å². The molecule has 118 valence electrons. The number of aryl methyl sites for hydroxylation is 2. The second-order valence-electron chi connectivity index (χ2n) is 5.78. The first-order valence-corrected chi connectivity index (χ1v) is 7.56. The molecule has 0 fully saturated rings. The van der Waals surface area contributed by atoms with Crippen molar-refractivity contribution in [3.05, 3.63) is 70.1 Å². The first-order chi connectivity index (χ1) is 11.6. The second-order valence-corrected chi connectivity index (χ2v) is 5.78. The molecule has 0 saturated carbocycles. The number of hydrogen-bond acceptors (Lipinski definition) is 5. The molecule has 4 rings (SSSR count). The zero-order chi connectivity index (χ0) is 16.7. The Bertz CT molecular complexity index is 1090. The fourth-order valence-electron chi connectivity index (χ4n) is 2.54. The van der Waals surface area contributed by atoms with Crippen molar-refractivity contribution in [2.45, 2.75) is 13.8 Å². The summed E-state index contributed by atoms with van der Waals surface area (Å²) in [6.07, 6.45) is 0. The first-order valence-electron chi connectivity index (χ1n) is 7.56. The minimum absolute atomic E-state index is 0.155. The van der Waals surface area contributed by atoms with Gasteiger partial charge in [0.05, 0.1) is 0 Å². The van der Waals surface area contributed by atoms with Crippen molar-refractivity contribution in [2.75, 3.05) is 0 Å². The van der Waals surface area contributed by atoms with Crippen molar-refractivity contribution in [1.82, 2.24) is 10.1 Å². The summed E-state index contributed by atoms with van der Waals surface area (Å²) >= 11 is 0. The molecule has 0 aliphatic rings. The van der Waals surface area contributed by atoms with Gasteiger partial charge in [-0.25, -0.2) is 4.79 Å². The van der Waals surface area contributed by atoms with Gasteiger partial charge in [0.2, 0.25) is 5.82 Å². The maximum Gasteiger partial charge on any atom is 0.349 e. The molecule has 24 heavy (non-hydrogen) atoms. The highest BCUT2D eigenvalue weighted by atomic mass is 16.5. The highest BCUT2D eigenvalue weighted by molar-refractivity contribution is 5.81. The van der Waals surface area contributed by atoms with E-state index in [0.717, 1.165) is 22.1 Å². The molecule has 2 aromatic heterocycles. The Labute approximate surface area is 137 Å². The van der Waals surface area contributed by atoms with Crippen LogP contribution in [0.1, 0.15) is 11.1 Å². The van der Waals surface area contributed by atoms with Crippen molar-refractivity contribution in [1.29, 1.82) is 0 Å². The summed E-state index contributed by atoms with van der Waals surface area (Å²) in [5, 5.41) is 4.78. The molecular weight excluding hydrogens is 304 g/mol. The molecule has 0 atom stereocenters. The minimum atomic E-state index is -0.495. The molecule has 4 aromatic rings. The van der Waals surface area contributed by atoms with Crippen LogP contribution in [0.5, 0.6) is 0 Å². The number of hydrogen-bond donors (Lipinski definition) is 0. The van der Waals surface area contributed by atoms with E-state index in [2.05, 4.69) is 10.1 Å². The zero-order valence-electron chi connectivity index (χ0n) is 13.2. The molecule has 0 radical (unpaired) electrons. The molecule has 0 aliphatic heterocycles. The number of fused-ring (bicyclic) bond motifs is 1. The number of aromatic nitrogens is 2. The third-order valence-corrected chi connectivity index (χ3v) is 3.85. The van der Waals surface area contributed by atoms with Crippen LogP contribution in [-0.4, -0.2) is 10.1 Å². The lowest BCUT2D eigenvalue weighted by molar-refractivity contribution is 0.429. The van der Waals surface area contributed by atoms with E-state index in [9.17, 15) is 4.79 Å². The first kappa shape index (κ1) is 14.4. The molecule has 5 heteroatoms. The fourth-order valence-corrected chi connectivity index (χ4v) is 2.54. The van der Waals surface area contributed by atoms with E-state index in [4.69, 9.17) is 8.94 Å². The molecule has 0 bridgehead atoms. The summed E-state index contributed by atoms with van der Waals surface area (Å²) in [6.45, 7) is 3.99. The second kappa shape index (κ2) is 5.45. The fraction of sp³-hybridized carbons (Fsp3) is 0.105. The Morgan fingerprint density at radius 1 is 0.917 bits per heavy atom. The van der Waals surface area contributed by atoms with Crippen molar-refractivity contribution in [2.24, 2.45) is 0 Å². The summed E-state index contributed by atoms with van der Waals surface area (Å²) in [4.78, 5) is 16.5. The van der Waals surface area contributed by atoms with Crippen LogP contribution in [0, 0.1) is 13.8 Å². The van der Waals surface area contributed by atoms with Gasteiger partial charge in [-0.05, 0) is 32.0 Å². The van der Waals surface area contributed by atoms with Gasteiger partial charge in [-0.3, -0.25) is 0 Å². The maximum atomic E-state index is 12.2. The molecule has 0 amide bonds. The normalized spacial score (nSPS) is 11.1. The van der Waals surface area contributed by atoms with Gasteiger partial charge in [-0.1, -0.05) is 46.6 Å². The van der Waals surface area contributed by atoms with E-state index in [1.165, 1.54) is 0 Å². The van der Waals surface area contributed by atoms with E-state index in [1.807, 2.05) is 50.2 Å². The van der Waals surface area contributed by atoms with Crippen LogP contribution < -0.4 is 5.63 Å². The Morgan fingerprint density at radius 2 is 1.67 bits per heavy atom. The van der Waals surface area contributed by atoms with E-state index in [1.54, 1.807) is 12.1 Å². The Hall–Kier alpha value is -3.21. The SMILES string of the molecule is Cc1ccc(-c2noc(-c3cc4cc(C)ccc4oc3=O)n2)cc1. The average Bonchev–Trinajstić information content (AvgIpc) is 3.05. The summed E-state index contributed by atoms with van der Waals surface area (Å²) in [6, 6.07) is 15.1. The lowest BCUT2D eigenvalue weighted by Crippen LogP contribution is -2.02. The Morgan fingerprint density at radius 3 is 2.46 bits per heavy atom. The van der Waals surface area contributed by atoms with Gasteiger partial charge in [-0.2, -0.15) is 4.98 Å². The molecule has 0 unspecified atom stereocenters. The minimum Gasteiger partial charge on any atom is -0.422 e. The molecular formula is C19H14N2O3. The van der Waals surface area contributed by atoms with Crippen LogP contribution in [0.15, 0.2) is 62.3 Å². The summed E-state index contributed by atoms with van der Waals surface area (Å²) in [5.41, 5.74) is 3.36. The highest BCUT2D eigenvalue weighted by Gasteiger charge is 2.16. The predicted molar refractivity (Wildman–Crippen MR) is 90.7 cm³/mol. The molecule has 5 nitrogen and oxygen atoms in total. The lowest BCUT2D eigenvalue weighted by atomic mass is 10.1. The van der Waals surface area contributed by atoms with Crippen LogP contribution in [0.2, 0.25) is 0 Å². The number of rotatable bonds is 2. The van der Waals surface area contributed by atoms with Gasteiger partial charge in [0.15, 0.2) is 0 Å². The topological polar surface area (TPSA) is 69.1 Å². The Balaban J connectivity index is 1.81. The summed E-state index contributed by atoms with van der Waals surface area (Å²) < 4.78 is 10.6. The van der Waals surface area contributed by atoms with E-state index < -0.39 is 5.63 Å². The van der Waals surface area contributed by atoms with Crippen LogP contribution in [0.4, 0.5) is 0 Å². The predicted octanol–water partition coefficient (Wildman–Crippen LogP) is 4.13. The highest BCUT2D eigenvalue weighted by Crippen LogP contribution is 2.23. The van der Waals surface area contributed by atoms with E-state index in [-0.39, 0.29) is 11.5 Å². The van der Waals surface area contributed by atoms with Crippen LogP contribution >= 0.6 is 0 Å². The number of benzene rings is 2. The van der Waals surface area contributed by atoms with Gasteiger partial charge < -0.3 is 8.94 Å². The monoisotopic (exact) mass is 318 g/mol. The Kier molecular flexibility index (Phi) is 3.27. The van der Waals surface area contributed by atoms with Crippen molar-refractivity contribution < 1.29 is 8.94 Å². The van der Waals surface area contributed by atoms with Crippen LogP contribution in [0.3, 0.4) is 0 Å². The van der Waals surface area contributed by atoms with Gasteiger partial charge in [0.25, 0.3) is 5.89 Å². The van der Waals surface area contributed by atoms with E-state index >= 15 is 0 Å². The molecule has 2 aromatic carbocycles.